The van der Waals surface area contributed by atoms with Crippen LogP contribution in [0.1, 0.15) is 26.0 Å². The number of anilines is 1. The summed E-state index contributed by atoms with van der Waals surface area (Å²) in [4.78, 5) is 4.62. The molecule has 0 spiro atoms. The second-order valence-electron chi connectivity index (χ2n) is 4.23. The molecule has 2 rings (SSSR count). The standard InChI is InChI=1S/C14H16Cl2N2/c1-3-5-10-8-13(17-4-2)11-6-9(15)7-12(16)14(11)18-10/h6-8H,3-5H2,1-2H3,(H,17,18). The van der Waals surface area contributed by atoms with Gasteiger partial charge < -0.3 is 5.32 Å². The quantitative estimate of drug-likeness (QED) is 0.860. The molecule has 1 heterocycles. The van der Waals surface area contributed by atoms with E-state index in [-0.39, 0.29) is 0 Å². The Morgan fingerprint density at radius 3 is 2.61 bits per heavy atom. The Morgan fingerprint density at radius 2 is 1.94 bits per heavy atom. The zero-order chi connectivity index (χ0) is 13.1. The van der Waals surface area contributed by atoms with Crippen LogP contribution >= 0.6 is 23.2 Å². The molecular weight excluding hydrogens is 267 g/mol. The molecule has 0 bridgehead atoms. The third-order valence-corrected chi connectivity index (χ3v) is 3.26. The van der Waals surface area contributed by atoms with E-state index in [0.29, 0.717) is 10.0 Å². The third-order valence-electron chi connectivity index (χ3n) is 2.76. The Hall–Kier alpha value is -0.990. The molecule has 0 aliphatic heterocycles. The molecular formula is C14H16Cl2N2. The van der Waals surface area contributed by atoms with Gasteiger partial charge in [-0.25, -0.2) is 0 Å². The van der Waals surface area contributed by atoms with Crippen LogP contribution in [0.2, 0.25) is 10.0 Å². The fourth-order valence-corrected chi connectivity index (χ4v) is 2.56. The third kappa shape index (κ3) is 2.70. The maximum Gasteiger partial charge on any atom is 0.0913 e. The predicted octanol–water partition coefficient (Wildman–Crippen LogP) is 4.93. The first kappa shape index (κ1) is 13.4. The number of nitrogens with one attached hydrogen (secondary N) is 1. The van der Waals surface area contributed by atoms with Crippen molar-refractivity contribution in [1.29, 1.82) is 0 Å². The second-order valence-corrected chi connectivity index (χ2v) is 5.07. The zero-order valence-corrected chi connectivity index (χ0v) is 12.1. The van der Waals surface area contributed by atoms with E-state index in [0.717, 1.165) is 41.7 Å². The Balaban J connectivity index is 2.68. The van der Waals surface area contributed by atoms with E-state index in [1.807, 2.05) is 6.07 Å². The number of pyridine rings is 1. The van der Waals surface area contributed by atoms with Gasteiger partial charge in [0.25, 0.3) is 0 Å². The summed E-state index contributed by atoms with van der Waals surface area (Å²) in [7, 11) is 0. The summed E-state index contributed by atoms with van der Waals surface area (Å²) in [6.45, 7) is 5.06. The summed E-state index contributed by atoms with van der Waals surface area (Å²) in [5.74, 6) is 0. The SMILES string of the molecule is CCCc1cc(NCC)c2cc(Cl)cc(Cl)c2n1. The first-order chi connectivity index (χ1) is 8.65. The molecule has 1 aromatic carbocycles. The van der Waals surface area contributed by atoms with Crippen LogP contribution in [0.5, 0.6) is 0 Å². The molecule has 0 atom stereocenters. The van der Waals surface area contributed by atoms with Gasteiger partial charge in [-0.2, -0.15) is 0 Å². The number of hydrogen-bond donors (Lipinski definition) is 1. The molecule has 1 aromatic heterocycles. The number of benzene rings is 1. The van der Waals surface area contributed by atoms with Crippen LogP contribution in [-0.2, 0) is 6.42 Å². The van der Waals surface area contributed by atoms with Crippen molar-refractivity contribution in [2.24, 2.45) is 0 Å². The Kier molecular flexibility index (Phi) is 4.31. The number of hydrogen-bond acceptors (Lipinski definition) is 2. The number of fused-ring (bicyclic) bond motifs is 1. The molecule has 1 N–H and O–H groups in total. The number of halogens is 2. The maximum atomic E-state index is 6.23. The highest BCUT2D eigenvalue weighted by atomic mass is 35.5. The van der Waals surface area contributed by atoms with E-state index in [1.54, 1.807) is 6.07 Å². The van der Waals surface area contributed by atoms with Crippen LogP contribution < -0.4 is 5.32 Å². The lowest BCUT2D eigenvalue weighted by Gasteiger charge is -2.11. The number of nitrogens with zero attached hydrogens (tertiary/aromatic N) is 1. The second kappa shape index (κ2) is 5.77. The number of aromatic nitrogens is 1. The van der Waals surface area contributed by atoms with Crippen molar-refractivity contribution in [3.63, 3.8) is 0 Å². The largest absolute Gasteiger partial charge is 0.385 e. The average Bonchev–Trinajstić information content (AvgIpc) is 2.31. The number of rotatable bonds is 4. The van der Waals surface area contributed by atoms with Gasteiger partial charge in [0, 0.05) is 28.3 Å². The van der Waals surface area contributed by atoms with Crippen molar-refractivity contribution >= 4 is 39.8 Å². The Morgan fingerprint density at radius 1 is 1.17 bits per heavy atom. The van der Waals surface area contributed by atoms with Crippen molar-refractivity contribution < 1.29 is 0 Å². The van der Waals surface area contributed by atoms with Gasteiger partial charge in [-0.3, -0.25) is 4.98 Å². The monoisotopic (exact) mass is 282 g/mol. The van der Waals surface area contributed by atoms with Crippen LogP contribution in [0.3, 0.4) is 0 Å². The average molecular weight is 283 g/mol. The molecule has 0 unspecified atom stereocenters. The highest BCUT2D eigenvalue weighted by Crippen LogP contribution is 2.32. The van der Waals surface area contributed by atoms with Gasteiger partial charge in [-0.1, -0.05) is 36.5 Å². The molecule has 0 aliphatic rings. The molecule has 4 heteroatoms. The molecule has 2 nitrogen and oxygen atoms in total. The van der Waals surface area contributed by atoms with Crippen LogP contribution in [0.15, 0.2) is 18.2 Å². The molecule has 0 aliphatic carbocycles. The summed E-state index contributed by atoms with van der Waals surface area (Å²) >= 11 is 12.3. The van der Waals surface area contributed by atoms with E-state index < -0.39 is 0 Å². The lowest BCUT2D eigenvalue weighted by molar-refractivity contribution is 0.890. The van der Waals surface area contributed by atoms with Crippen LogP contribution in [0.4, 0.5) is 5.69 Å². The first-order valence-corrected chi connectivity index (χ1v) is 6.93. The van der Waals surface area contributed by atoms with E-state index in [4.69, 9.17) is 23.2 Å². The topological polar surface area (TPSA) is 24.9 Å². The molecule has 0 saturated carbocycles. The number of aryl methyl sites for hydroxylation is 1. The van der Waals surface area contributed by atoms with Gasteiger partial charge in [0.15, 0.2) is 0 Å². The summed E-state index contributed by atoms with van der Waals surface area (Å²) in [5.41, 5.74) is 2.93. The van der Waals surface area contributed by atoms with Gasteiger partial charge >= 0.3 is 0 Å². The van der Waals surface area contributed by atoms with Gasteiger partial charge in [0.05, 0.1) is 10.5 Å². The summed E-state index contributed by atoms with van der Waals surface area (Å²) < 4.78 is 0. The zero-order valence-electron chi connectivity index (χ0n) is 10.6. The Labute approximate surface area is 117 Å². The van der Waals surface area contributed by atoms with Gasteiger partial charge in [-0.05, 0) is 31.5 Å². The minimum atomic E-state index is 0.606. The molecule has 0 amide bonds. The summed E-state index contributed by atoms with van der Waals surface area (Å²) in [6.07, 6.45) is 2.02. The molecule has 18 heavy (non-hydrogen) atoms. The van der Waals surface area contributed by atoms with E-state index in [9.17, 15) is 0 Å². The van der Waals surface area contributed by atoms with E-state index >= 15 is 0 Å². The normalized spacial score (nSPS) is 10.9. The van der Waals surface area contributed by atoms with Crippen LogP contribution in [0, 0.1) is 0 Å². The first-order valence-electron chi connectivity index (χ1n) is 6.18. The Bertz CT molecular complexity index is 567. The van der Waals surface area contributed by atoms with Crippen molar-refractivity contribution in [2.75, 3.05) is 11.9 Å². The molecule has 2 aromatic rings. The lowest BCUT2D eigenvalue weighted by Crippen LogP contribution is -2.01. The van der Waals surface area contributed by atoms with Crippen LogP contribution in [0.25, 0.3) is 10.9 Å². The molecule has 0 fully saturated rings. The van der Waals surface area contributed by atoms with Crippen LogP contribution in [-0.4, -0.2) is 11.5 Å². The molecule has 96 valence electrons. The summed E-state index contributed by atoms with van der Waals surface area (Å²) in [5, 5.41) is 5.57. The van der Waals surface area contributed by atoms with Gasteiger partial charge in [-0.15, -0.1) is 0 Å². The highest BCUT2D eigenvalue weighted by molar-refractivity contribution is 6.38. The fourth-order valence-electron chi connectivity index (χ4n) is 2.03. The van der Waals surface area contributed by atoms with Crippen molar-refractivity contribution in [2.45, 2.75) is 26.7 Å². The van der Waals surface area contributed by atoms with E-state index in [1.165, 1.54) is 0 Å². The van der Waals surface area contributed by atoms with E-state index in [2.05, 4.69) is 30.2 Å². The van der Waals surface area contributed by atoms with Gasteiger partial charge in [0.2, 0.25) is 0 Å². The predicted molar refractivity (Wildman–Crippen MR) is 79.9 cm³/mol. The molecule has 0 saturated heterocycles. The highest BCUT2D eigenvalue weighted by Gasteiger charge is 2.09. The fraction of sp³-hybridized carbons (Fsp3) is 0.357. The van der Waals surface area contributed by atoms with Crippen molar-refractivity contribution in [1.82, 2.24) is 4.98 Å². The maximum absolute atomic E-state index is 6.23. The summed E-state index contributed by atoms with van der Waals surface area (Å²) in [6, 6.07) is 5.73. The minimum Gasteiger partial charge on any atom is -0.385 e. The van der Waals surface area contributed by atoms with Crippen molar-refractivity contribution in [3.8, 4) is 0 Å². The smallest absolute Gasteiger partial charge is 0.0913 e. The lowest BCUT2D eigenvalue weighted by atomic mass is 10.1. The van der Waals surface area contributed by atoms with Gasteiger partial charge in [0.1, 0.15) is 0 Å². The minimum absolute atomic E-state index is 0.606. The van der Waals surface area contributed by atoms with Crippen molar-refractivity contribution in [3.05, 3.63) is 33.9 Å². The molecule has 0 radical (unpaired) electrons.